The maximum Gasteiger partial charge on any atom is 0.323 e. The van der Waals surface area contributed by atoms with Gasteiger partial charge >= 0.3 is 5.97 Å². The molecule has 5 heteroatoms. The molecule has 0 aliphatic rings. The van der Waals surface area contributed by atoms with E-state index >= 15 is 0 Å². The summed E-state index contributed by atoms with van der Waals surface area (Å²) in [5.41, 5.74) is 5.36. The number of carbonyl (C=O) groups excluding carboxylic acids is 1. The number of aliphatic carboxylic acids is 1. The molecular weight excluding hydrogens is 172 g/mol. The molecule has 0 fully saturated rings. The van der Waals surface area contributed by atoms with E-state index in [2.05, 4.69) is 0 Å². The predicted molar refractivity (Wildman–Crippen MR) is 48.2 cm³/mol. The third-order valence-corrected chi connectivity index (χ3v) is 1.52. The van der Waals surface area contributed by atoms with Gasteiger partial charge in [-0.2, -0.15) is 0 Å². The summed E-state index contributed by atoms with van der Waals surface area (Å²) in [4.78, 5) is 22.9. The van der Waals surface area contributed by atoms with E-state index in [1.807, 2.05) is 6.92 Å². The zero-order chi connectivity index (χ0) is 10.4. The first-order chi connectivity index (χ1) is 5.99. The molecule has 0 rings (SSSR count). The monoisotopic (exact) mass is 188 g/mol. The van der Waals surface area contributed by atoms with Crippen molar-refractivity contribution in [3.8, 4) is 0 Å². The Balaban J connectivity index is 4.23. The van der Waals surface area contributed by atoms with Crippen LogP contribution in [-0.2, 0) is 9.59 Å². The van der Waals surface area contributed by atoms with Crippen molar-refractivity contribution < 1.29 is 14.7 Å². The summed E-state index contributed by atoms with van der Waals surface area (Å²) in [6.07, 6.45) is 0.728. The van der Waals surface area contributed by atoms with Crippen molar-refractivity contribution in [1.29, 1.82) is 0 Å². The molecule has 0 unspecified atom stereocenters. The van der Waals surface area contributed by atoms with E-state index in [-0.39, 0.29) is 12.5 Å². The maximum absolute atomic E-state index is 11.3. The van der Waals surface area contributed by atoms with Crippen molar-refractivity contribution in [3.63, 3.8) is 0 Å². The van der Waals surface area contributed by atoms with E-state index in [1.54, 1.807) is 6.92 Å². The Morgan fingerprint density at radius 2 is 2.08 bits per heavy atom. The molecule has 0 aliphatic heterocycles. The van der Waals surface area contributed by atoms with E-state index in [9.17, 15) is 9.59 Å². The van der Waals surface area contributed by atoms with Crippen LogP contribution in [0.4, 0.5) is 0 Å². The van der Waals surface area contributed by atoms with Gasteiger partial charge in [0, 0.05) is 6.54 Å². The number of nitrogens with zero attached hydrogens (tertiary/aromatic N) is 1. The Bertz CT molecular complexity index is 192. The van der Waals surface area contributed by atoms with Crippen LogP contribution in [0.2, 0.25) is 0 Å². The third-order valence-electron chi connectivity index (χ3n) is 1.52. The summed E-state index contributed by atoms with van der Waals surface area (Å²) >= 11 is 0. The number of hydrogen-bond donors (Lipinski definition) is 2. The largest absolute Gasteiger partial charge is 0.480 e. The fraction of sp³-hybridized carbons (Fsp3) is 0.750. The second kappa shape index (κ2) is 5.53. The molecule has 0 radical (unpaired) electrons. The van der Waals surface area contributed by atoms with Crippen LogP contribution in [0.1, 0.15) is 20.3 Å². The second-order valence-corrected chi connectivity index (χ2v) is 2.94. The molecule has 0 saturated carbocycles. The van der Waals surface area contributed by atoms with Gasteiger partial charge in [0.2, 0.25) is 5.91 Å². The summed E-state index contributed by atoms with van der Waals surface area (Å²) in [6, 6.07) is -0.633. The highest BCUT2D eigenvalue weighted by Gasteiger charge is 2.18. The minimum absolute atomic E-state index is 0.270. The molecule has 1 amide bonds. The Hall–Kier alpha value is -1.10. The zero-order valence-electron chi connectivity index (χ0n) is 7.99. The fourth-order valence-electron chi connectivity index (χ4n) is 0.988. The lowest BCUT2D eigenvalue weighted by Gasteiger charge is -2.21. The van der Waals surface area contributed by atoms with E-state index < -0.39 is 12.0 Å². The van der Waals surface area contributed by atoms with Crippen LogP contribution >= 0.6 is 0 Å². The zero-order valence-corrected chi connectivity index (χ0v) is 7.99. The van der Waals surface area contributed by atoms with Gasteiger partial charge in [-0.15, -0.1) is 0 Å². The lowest BCUT2D eigenvalue weighted by Crippen LogP contribution is -2.44. The highest BCUT2D eigenvalue weighted by Crippen LogP contribution is 1.95. The van der Waals surface area contributed by atoms with Crippen LogP contribution in [0, 0.1) is 0 Å². The molecule has 0 aromatic rings. The molecule has 0 saturated heterocycles. The summed E-state index contributed by atoms with van der Waals surface area (Å²) in [5, 5.41) is 8.51. The minimum Gasteiger partial charge on any atom is -0.480 e. The van der Waals surface area contributed by atoms with Gasteiger partial charge in [0.05, 0.1) is 6.04 Å². The molecular formula is C8H16N2O3. The van der Waals surface area contributed by atoms with Gasteiger partial charge < -0.3 is 15.7 Å². The van der Waals surface area contributed by atoms with Gasteiger partial charge in [-0.1, -0.05) is 6.92 Å². The quantitative estimate of drug-likeness (QED) is 0.618. The Kier molecular flexibility index (Phi) is 5.06. The number of nitrogens with two attached hydrogens (primary N) is 1. The number of carboxylic acids is 1. The maximum atomic E-state index is 11.3. The van der Waals surface area contributed by atoms with Crippen molar-refractivity contribution in [1.82, 2.24) is 4.90 Å². The van der Waals surface area contributed by atoms with E-state index in [1.165, 1.54) is 4.90 Å². The van der Waals surface area contributed by atoms with Gasteiger partial charge in [0.1, 0.15) is 6.54 Å². The van der Waals surface area contributed by atoms with E-state index in [0.717, 1.165) is 6.42 Å². The summed E-state index contributed by atoms with van der Waals surface area (Å²) in [7, 11) is 0. The molecule has 0 spiro atoms. The van der Waals surface area contributed by atoms with Gasteiger partial charge in [-0.3, -0.25) is 9.59 Å². The number of carbonyl (C=O) groups is 2. The van der Waals surface area contributed by atoms with Crippen LogP contribution in [0.25, 0.3) is 0 Å². The minimum atomic E-state index is -1.01. The average Bonchev–Trinajstić information content (AvgIpc) is 2.01. The first-order valence-electron chi connectivity index (χ1n) is 4.25. The lowest BCUT2D eigenvalue weighted by molar-refractivity contribution is -0.144. The van der Waals surface area contributed by atoms with Crippen LogP contribution in [0.5, 0.6) is 0 Å². The number of carboxylic acid groups (broad SMARTS) is 1. The standard InChI is InChI=1S/C8H16N2O3/c1-3-4-10(5-7(11)12)8(13)6(2)9/h6H,3-5,9H2,1-2H3,(H,11,12)/t6-/m0/s1. The molecule has 13 heavy (non-hydrogen) atoms. The Morgan fingerprint density at radius 1 is 1.54 bits per heavy atom. The second-order valence-electron chi connectivity index (χ2n) is 2.94. The normalized spacial score (nSPS) is 12.2. The summed E-state index contributed by atoms with van der Waals surface area (Å²) in [5.74, 6) is -1.33. The average molecular weight is 188 g/mol. The first kappa shape index (κ1) is 11.9. The molecule has 3 N–H and O–H groups in total. The lowest BCUT2D eigenvalue weighted by atomic mass is 10.3. The van der Waals surface area contributed by atoms with Crippen LogP contribution in [0.3, 0.4) is 0 Å². The molecule has 0 heterocycles. The molecule has 1 atom stereocenters. The van der Waals surface area contributed by atoms with Crippen LogP contribution in [0.15, 0.2) is 0 Å². The molecule has 0 aromatic carbocycles. The molecule has 0 aliphatic carbocycles. The predicted octanol–water partition coefficient (Wildman–Crippen LogP) is -0.343. The van der Waals surface area contributed by atoms with E-state index in [4.69, 9.17) is 10.8 Å². The molecule has 76 valence electrons. The van der Waals surface area contributed by atoms with Crippen molar-refractivity contribution >= 4 is 11.9 Å². The van der Waals surface area contributed by atoms with E-state index in [0.29, 0.717) is 6.54 Å². The van der Waals surface area contributed by atoms with Gasteiger partial charge in [0.25, 0.3) is 0 Å². The number of rotatable bonds is 5. The van der Waals surface area contributed by atoms with Crippen LogP contribution in [-0.4, -0.2) is 41.0 Å². The van der Waals surface area contributed by atoms with Crippen molar-refractivity contribution in [3.05, 3.63) is 0 Å². The van der Waals surface area contributed by atoms with Crippen molar-refractivity contribution in [2.24, 2.45) is 5.73 Å². The van der Waals surface area contributed by atoms with Gasteiger partial charge in [-0.25, -0.2) is 0 Å². The highest BCUT2D eigenvalue weighted by atomic mass is 16.4. The van der Waals surface area contributed by atoms with Gasteiger partial charge in [0.15, 0.2) is 0 Å². The highest BCUT2D eigenvalue weighted by molar-refractivity contribution is 5.84. The molecule has 0 bridgehead atoms. The first-order valence-corrected chi connectivity index (χ1v) is 4.25. The third kappa shape index (κ3) is 4.47. The van der Waals surface area contributed by atoms with Crippen LogP contribution < -0.4 is 5.73 Å². The van der Waals surface area contributed by atoms with Gasteiger partial charge in [-0.05, 0) is 13.3 Å². The van der Waals surface area contributed by atoms with Crippen molar-refractivity contribution in [2.45, 2.75) is 26.3 Å². The topological polar surface area (TPSA) is 83.6 Å². The molecule has 0 aromatic heterocycles. The summed E-state index contributed by atoms with van der Waals surface area (Å²) < 4.78 is 0. The Labute approximate surface area is 77.5 Å². The Morgan fingerprint density at radius 3 is 2.38 bits per heavy atom. The number of hydrogen-bond acceptors (Lipinski definition) is 3. The number of amides is 1. The molecule has 5 nitrogen and oxygen atoms in total. The summed E-state index contributed by atoms with van der Waals surface area (Å²) in [6.45, 7) is 3.59. The smallest absolute Gasteiger partial charge is 0.323 e. The van der Waals surface area contributed by atoms with Crippen molar-refractivity contribution in [2.75, 3.05) is 13.1 Å². The fourth-order valence-corrected chi connectivity index (χ4v) is 0.988. The SMILES string of the molecule is CCCN(CC(=O)O)C(=O)[C@H](C)N.